The summed E-state index contributed by atoms with van der Waals surface area (Å²) in [7, 11) is 1.48. The van der Waals surface area contributed by atoms with Gasteiger partial charge < -0.3 is 9.84 Å². The van der Waals surface area contributed by atoms with Crippen LogP contribution in [0.3, 0.4) is 0 Å². The van der Waals surface area contributed by atoms with Crippen molar-refractivity contribution in [3.05, 3.63) is 29.6 Å². The Morgan fingerprint density at radius 1 is 1.53 bits per heavy atom. The Kier molecular flexibility index (Phi) is 3.38. The molecule has 1 aliphatic carbocycles. The average Bonchev–Trinajstić information content (AvgIpc) is 2.62. The Bertz CT molecular complexity index is 405. The van der Waals surface area contributed by atoms with Gasteiger partial charge in [0.25, 0.3) is 0 Å². The van der Waals surface area contributed by atoms with Crippen LogP contribution in [0, 0.1) is 11.2 Å². The first kappa shape index (κ1) is 12.4. The molecule has 17 heavy (non-hydrogen) atoms. The van der Waals surface area contributed by atoms with Crippen LogP contribution in [0.25, 0.3) is 0 Å². The third-order valence-corrected chi connectivity index (χ3v) is 3.69. The monoisotopic (exact) mass is 238 g/mol. The average molecular weight is 238 g/mol. The van der Waals surface area contributed by atoms with Gasteiger partial charge >= 0.3 is 0 Å². The van der Waals surface area contributed by atoms with Crippen molar-refractivity contribution in [1.29, 1.82) is 0 Å². The fraction of sp³-hybridized carbons (Fsp3) is 0.571. The summed E-state index contributed by atoms with van der Waals surface area (Å²) in [5.41, 5.74) is 0.688. The second-order valence-corrected chi connectivity index (χ2v) is 5.32. The van der Waals surface area contributed by atoms with Crippen LogP contribution in [0.4, 0.5) is 4.39 Å². The van der Waals surface area contributed by atoms with Crippen LogP contribution in [0.2, 0.25) is 0 Å². The van der Waals surface area contributed by atoms with E-state index in [1.165, 1.54) is 7.11 Å². The minimum atomic E-state index is -0.266. The van der Waals surface area contributed by atoms with Crippen molar-refractivity contribution in [2.45, 2.75) is 38.7 Å². The molecule has 94 valence electrons. The van der Waals surface area contributed by atoms with Gasteiger partial charge in [-0.2, -0.15) is 0 Å². The number of hydrogen-bond acceptors (Lipinski definition) is 2. The van der Waals surface area contributed by atoms with Crippen molar-refractivity contribution in [3.63, 3.8) is 0 Å². The zero-order valence-corrected chi connectivity index (χ0v) is 10.4. The van der Waals surface area contributed by atoms with E-state index in [-0.39, 0.29) is 17.3 Å². The minimum Gasteiger partial charge on any atom is -0.494 e. The van der Waals surface area contributed by atoms with Crippen LogP contribution in [-0.2, 0) is 6.42 Å². The maximum Gasteiger partial charge on any atom is 0.168 e. The van der Waals surface area contributed by atoms with Crippen molar-refractivity contribution in [1.82, 2.24) is 0 Å². The highest BCUT2D eigenvalue weighted by Crippen LogP contribution is 2.41. The molecule has 2 unspecified atom stereocenters. The van der Waals surface area contributed by atoms with Gasteiger partial charge in [-0.3, -0.25) is 0 Å². The molecule has 0 radical (unpaired) electrons. The number of ether oxygens (including phenoxy) is 1. The summed E-state index contributed by atoms with van der Waals surface area (Å²) in [5, 5.41) is 9.59. The lowest BCUT2D eigenvalue weighted by atomic mass is 9.82. The van der Waals surface area contributed by atoms with E-state index < -0.39 is 0 Å². The van der Waals surface area contributed by atoms with Crippen LogP contribution in [0.1, 0.15) is 31.7 Å². The van der Waals surface area contributed by atoms with Gasteiger partial charge in [-0.15, -0.1) is 0 Å². The van der Waals surface area contributed by atoms with Gasteiger partial charge in [-0.05, 0) is 42.7 Å². The van der Waals surface area contributed by atoms with E-state index in [0.29, 0.717) is 17.7 Å². The molecule has 2 atom stereocenters. The van der Waals surface area contributed by atoms with E-state index in [4.69, 9.17) is 4.74 Å². The van der Waals surface area contributed by atoms with Crippen LogP contribution in [0.15, 0.2) is 18.2 Å². The predicted molar refractivity (Wildman–Crippen MR) is 64.6 cm³/mol. The van der Waals surface area contributed by atoms with Crippen LogP contribution < -0.4 is 4.74 Å². The summed E-state index contributed by atoms with van der Waals surface area (Å²) < 4.78 is 19.0. The maximum atomic E-state index is 14.0. The SMILES string of the molecule is COc1cccc(CC2(C)CCC(O)C2)c1F. The normalized spacial score (nSPS) is 28.4. The summed E-state index contributed by atoms with van der Waals surface area (Å²) in [6, 6.07) is 5.24. The van der Waals surface area contributed by atoms with E-state index in [2.05, 4.69) is 6.92 Å². The van der Waals surface area contributed by atoms with Crippen molar-refractivity contribution < 1.29 is 14.2 Å². The minimum absolute atomic E-state index is 0.00657. The highest BCUT2D eigenvalue weighted by Gasteiger charge is 2.35. The number of methoxy groups -OCH3 is 1. The van der Waals surface area contributed by atoms with E-state index in [0.717, 1.165) is 19.3 Å². The van der Waals surface area contributed by atoms with Crippen molar-refractivity contribution in [3.8, 4) is 5.75 Å². The first-order chi connectivity index (χ1) is 8.04. The van der Waals surface area contributed by atoms with E-state index in [9.17, 15) is 9.50 Å². The van der Waals surface area contributed by atoms with Crippen LogP contribution in [0.5, 0.6) is 5.75 Å². The summed E-state index contributed by atoms with van der Waals surface area (Å²) in [6.45, 7) is 2.11. The van der Waals surface area contributed by atoms with Crippen molar-refractivity contribution in [2.75, 3.05) is 7.11 Å². The van der Waals surface area contributed by atoms with Gasteiger partial charge in [0.15, 0.2) is 11.6 Å². The highest BCUT2D eigenvalue weighted by molar-refractivity contribution is 5.31. The number of rotatable bonds is 3. The Morgan fingerprint density at radius 3 is 2.88 bits per heavy atom. The molecule has 1 saturated carbocycles. The smallest absolute Gasteiger partial charge is 0.168 e. The molecule has 0 heterocycles. The lowest BCUT2D eigenvalue weighted by Gasteiger charge is -2.24. The number of hydrogen-bond donors (Lipinski definition) is 1. The van der Waals surface area contributed by atoms with Crippen LogP contribution >= 0.6 is 0 Å². The Labute approximate surface area is 101 Å². The standard InChI is InChI=1S/C14H19FO2/c1-14(7-6-11(16)9-14)8-10-4-3-5-12(17-2)13(10)15/h3-5,11,16H,6-9H2,1-2H3. The second-order valence-electron chi connectivity index (χ2n) is 5.32. The number of aliphatic hydroxyl groups is 1. The summed E-state index contributed by atoms with van der Waals surface area (Å²) >= 11 is 0. The predicted octanol–water partition coefficient (Wildman–Crippen LogP) is 2.93. The molecule has 0 amide bonds. The summed E-state index contributed by atoms with van der Waals surface area (Å²) in [4.78, 5) is 0. The summed E-state index contributed by atoms with van der Waals surface area (Å²) in [6.07, 6.45) is 2.96. The second kappa shape index (κ2) is 4.65. The quantitative estimate of drug-likeness (QED) is 0.877. The largest absolute Gasteiger partial charge is 0.494 e. The number of benzene rings is 1. The molecule has 1 aromatic carbocycles. The van der Waals surface area contributed by atoms with E-state index >= 15 is 0 Å². The molecule has 0 saturated heterocycles. The fourth-order valence-corrected chi connectivity index (χ4v) is 2.76. The topological polar surface area (TPSA) is 29.5 Å². The van der Waals surface area contributed by atoms with Gasteiger partial charge in [0.05, 0.1) is 13.2 Å². The van der Waals surface area contributed by atoms with Gasteiger partial charge in [-0.25, -0.2) is 4.39 Å². The Balaban J connectivity index is 2.19. The molecule has 1 N–H and O–H groups in total. The van der Waals surface area contributed by atoms with Crippen LogP contribution in [-0.4, -0.2) is 18.3 Å². The third-order valence-electron chi connectivity index (χ3n) is 3.69. The molecule has 2 nitrogen and oxygen atoms in total. The van der Waals surface area contributed by atoms with Crippen molar-refractivity contribution >= 4 is 0 Å². The van der Waals surface area contributed by atoms with Gasteiger partial charge in [-0.1, -0.05) is 19.1 Å². The molecule has 1 aromatic rings. The number of aliphatic hydroxyl groups excluding tert-OH is 1. The molecule has 1 aliphatic rings. The molecule has 0 spiro atoms. The lowest BCUT2D eigenvalue weighted by Crippen LogP contribution is -2.17. The summed E-state index contributed by atoms with van der Waals surface area (Å²) in [5.74, 6) is 0.0299. The molecule has 0 aromatic heterocycles. The lowest BCUT2D eigenvalue weighted by molar-refractivity contribution is 0.163. The maximum absolute atomic E-state index is 14.0. The third kappa shape index (κ3) is 2.60. The molecular formula is C14H19FO2. The zero-order valence-electron chi connectivity index (χ0n) is 10.4. The highest BCUT2D eigenvalue weighted by atomic mass is 19.1. The molecule has 2 rings (SSSR count). The number of halogens is 1. The zero-order chi connectivity index (χ0) is 12.5. The first-order valence-corrected chi connectivity index (χ1v) is 6.03. The molecule has 1 fully saturated rings. The van der Waals surface area contributed by atoms with Gasteiger partial charge in [0.1, 0.15) is 0 Å². The van der Waals surface area contributed by atoms with E-state index in [1.807, 2.05) is 6.07 Å². The van der Waals surface area contributed by atoms with Gasteiger partial charge in [0.2, 0.25) is 0 Å². The molecular weight excluding hydrogens is 219 g/mol. The van der Waals surface area contributed by atoms with Crippen molar-refractivity contribution in [2.24, 2.45) is 5.41 Å². The van der Waals surface area contributed by atoms with E-state index in [1.54, 1.807) is 12.1 Å². The fourth-order valence-electron chi connectivity index (χ4n) is 2.76. The molecule has 3 heteroatoms. The Morgan fingerprint density at radius 2 is 2.29 bits per heavy atom. The molecule has 0 bridgehead atoms. The van der Waals surface area contributed by atoms with Gasteiger partial charge in [0, 0.05) is 0 Å². The Hall–Kier alpha value is -1.09. The molecule has 0 aliphatic heterocycles. The first-order valence-electron chi connectivity index (χ1n) is 6.03.